The molecule has 2 saturated carbocycles. The van der Waals surface area contributed by atoms with Crippen LogP contribution in [-0.4, -0.2) is 24.2 Å². The molecule has 0 radical (unpaired) electrons. The molecule has 2 nitrogen and oxygen atoms in total. The topological polar surface area (TPSA) is 26.3 Å². The minimum absolute atomic E-state index is 0.353. The fourth-order valence-corrected chi connectivity index (χ4v) is 4.33. The highest BCUT2D eigenvalue weighted by Crippen LogP contribution is 2.42. The number of ether oxygens (including phenoxy) is 1. The van der Waals surface area contributed by atoms with E-state index in [1.54, 1.807) is 0 Å². The Labute approximate surface area is 163 Å². The molecule has 0 amide bonds. The lowest BCUT2D eigenvalue weighted by Gasteiger charge is -2.37. The molecular formula is C21H29F5O2. The summed E-state index contributed by atoms with van der Waals surface area (Å²) < 4.78 is 67.2. The van der Waals surface area contributed by atoms with Crippen molar-refractivity contribution in [3.8, 4) is 0 Å². The molecule has 0 N–H and O–H groups in total. The second kappa shape index (κ2) is 9.88. The van der Waals surface area contributed by atoms with E-state index < -0.39 is 24.2 Å². The summed E-state index contributed by atoms with van der Waals surface area (Å²) in [5.41, 5.74) is 0. The summed E-state index contributed by atoms with van der Waals surface area (Å²) in [7, 11) is 0. The number of esters is 1. The third-order valence-corrected chi connectivity index (χ3v) is 6.03. The zero-order valence-corrected chi connectivity index (χ0v) is 16.0. The molecule has 0 aromatic rings. The van der Waals surface area contributed by atoms with Crippen LogP contribution in [0.1, 0.15) is 64.2 Å². The lowest BCUT2D eigenvalue weighted by molar-refractivity contribution is -0.282. The Kier molecular flexibility index (Phi) is 8.07. The van der Waals surface area contributed by atoms with Gasteiger partial charge in [0.2, 0.25) is 0 Å². The van der Waals surface area contributed by atoms with Gasteiger partial charge in [0.15, 0.2) is 0 Å². The van der Waals surface area contributed by atoms with E-state index in [1.807, 2.05) is 6.08 Å². The molecule has 0 spiro atoms. The normalized spacial score (nSPS) is 29.6. The molecule has 7 heteroatoms. The Morgan fingerprint density at radius 2 is 1.43 bits per heavy atom. The van der Waals surface area contributed by atoms with Gasteiger partial charge in [-0.2, -0.15) is 22.0 Å². The van der Waals surface area contributed by atoms with E-state index in [2.05, 4.69) is 23.5 Å². The number of carbonyl (C=O) groups is 1. The van der Waals surface area contributed by atoms with Gasteiger partial charge in [-0.15, -0.1) is 6.58 Å². The molecule has 0 aromatic carbocycles. The van der Waals surface area contributed by atoms with Gasteiger partial charge in [-0.1, -0.05) is 18.2 Å². The number of alkyl halides is 5. The smallest absolute Gasteiger partial charge is 0.458 e. The maximum absolute atomic E-state index is 13.0. The average molecular weight is 408 g/mol. The van der Waals surface area contributed by atoms with Crippen LogP contribution in [0.4, 0.5) is 22.0 Å². The summed E-state index contributed by atoms with van der Waals surface area (Å²) in [5, 5.41) is 0. The fraction of sp³-hybridized carbons (Fsp3) is 0.762. The van der Waals surface area contributed by atoms with Gasteiger partial charge in [0.25, 0.3) is 0 Å². The van der Waals surface area contributed by atoms with E-state index in [1.165, 1.54) is 0 Å². The van der Waals surface area contributed by atoms with Crippen LogP contribution >= 0.6 is 0 Å². The van der Waals surface area contributed by atoms with E-state index in [0.29, 0.717) is 43.4 Å². The van der Waals surface area contributed by atoms with Crippen molar-refractivity contribution in [1.82, 2.24) is 0 Å². The zero-order chi connectivity index (χ0) is 20.8. The van der Waals surface area contributed by atoms with Crippen LogP contribution in [-0.2, 0) is 9.53 Å². The number of halogens is 5. The van der Waals surface area contributed by atoms with Gasteiger partial charge in [0, 0.05) is 0 Å². The van der Waals surface area contributed by atoms with Crippen molar-refractivity contribution in [2.24, 2.45) is 17.8 Å². The first kappa shape index (κ1) is 22.9. The van der Waals surface area contributed by atoms with Gasteiger partial charge < -0.3 is 4.74 Å². The maximum atomic E-state index is 13.0. The minimum atomic E-state index is -5.92. The summed E-state index contributed by atoms with van der Waals surface area (Å²) in [5.74, 6) is -6.33. The molecule has 2 aliphatic carbocycles. The van der Waals surface area contributed by atoms with E-state index >= 15 is 0 Å². The van der Waals surface area contributed by atoms with Crippen LogP contribution in [0.5, 0.6) is 0 Å². The second-order valence-electron chi connectivity index (χ2n) is 7.98. The van der Waals surface area contributed by atoms with Crippen LogP contribution in [0.3, 0.4) is 0 Å². The summed E-state index contributed by atoms with van der Waals surface area (Å²) in [6, 6.07) is 0. The van der Waals surface area contributed by atoms with Crippen LogP contribution in [0, 0.1) is 17.8 Å². The van der Waals surface area contributed by atoms with E-state index in [0.717, 1.165) is 38.5 Å². The monoisotopic (exact) mass is 408 g/mol. The summed E-state index contributed by atoms with van der Waals surface area (Å²) in [6.45, 7) is 3.70. The highest BCUT2D eigenvalue weighted by molar-refractivity contribution is 5.78. The molecule has 0 saturated heterocycles. The molecule has 2 rings (SSSR count). The van der Waals surface area contributed by atoms with Gasteiger partial charge >= 0.3 is 18.1 Å². The average Bonchev–Trinajstić information content (AvgIpc) is 2.65. The van der Waals surface area contributed by atoms with Gasteiger partial charge in [-0.05, 0) is 82.0 Å². The number of allylic oxidation sites excluding steroid dienone is 3. The minimum Gasteiger partial charge on any atom is -0.458 e. The molecular weight excluding hydrogens is 379 g/mol. The lowest BCUT2D eigenvalue weighted by atomic mass is 9.70. The van der Waals surface area contributed by atoms with Crippen molar-refractivity contribution < 1.29 is 31.5 Å². The van der Waals surface area contributed by atoms with Gasteiger partial charge in [-0.3, -0.25) is 0 Å². The second-order valence-corrected chi connectivity index (χ2v) is 7.98. The van der Waals surface area contributed by atoms with Crippen molar-refractivity contribution in [3.63, 3.8) is 0 Å². The highest BCUT2D eigenvalue weighted by Gasteiger charge is 2.65. The van der Waals surface area contributed by atoms with Gasteiger partial charge in [0.05, 0.1) is 0 Å². The predicted molar refractivity (Wildman–Crippen MR) is 96.9 cm³/mol. The SMILES string of the molecule is C=CCC/C=C/C1CCC(C2CCC(OC(=O)C(F)(F)C(F)(F)F)CC2)CC1. The first-order chi connectivity index (χ1) is 13.1. The van der Waals surface area contributed by atoms with Crippen molar-refractivity contribution in [3.05, 3.63) is 24.8 Å². The predicted octanol–water partition coefficient (Wildman–Crippen LogP) is 6.61. The van der Waals surface area contributed by atoms with E-state index in [4.69, 9.17) is 0 Å². The summed E-state index contributed by atoms with van der Waals surface area (Å²) >= 11 is 0. The number of unbranched alkanes of at least 4 members (excludes halogenated alkanes) is 1. The standard InChI is InChI=1S/C21H29F5O2/c1-2-3-4-5-6-15-7-9-16(10-8-15)17-11-13-18(14-12-17)28-19(27)20(22,23)21(24,25)26/h2,5-6,15-18H,1,3-4,7-14H2/b6-5+. The molecule has 2 aliphatic rings. The van der Waals surface area contributed by atoms with E-state index in [9.17, 15) is 26.7 Å². The van der Waals surface area contributed by atoms with Gasteiger partial charge in [0.1, 0.15) is 6.10 Å². The van der Waals surface area contributed by atoms with Crippen LogP contribution in [0.2, 0.25) is 0 Å². The molecule has 160 valence electrons. The van der Waals surface area contributed by atoms with Crippen molar-refractivity contribution >= 4 is 5.97 Å². The highest BCUT2D eigenvalue weighted by atomic mass is 19.4. The Hall–Kier alpha value is -1.40. The zero-order valence-electron chi connectivity index (χ0n) is 16.0. The van der Waals surface area contributed by atoms with Gasteiger partial charge in [-0.25, -0.2) is 4.79 Å². The van der Waals surface area contributed by atoms with Crippen LogP contribution in [0.25, 0.3) is 0 Å². The molecule has 28 heavy (non-hydrogen) atoms. The Bertz CT molecular complexity index is 539. The first-order valence-corrected chi connectivity index (χ1v) is 10.1. The molecule has 0 atom stereocenters. The Morgan fingerprint density at radius 1 is 0.893 bits per heavy atom. The molecule has 0 aliphatic heterocycles. The molecule has 0 aromatic heterocycles. The molecule has 0 bridgehead atoms. The molecule has 0 heterocycles. The fourth-order valence-electron chi connectivity index (χ4n) is 4.33. The molecule has 2 fully saturated rings. The largest absolute Gasteiger partial charge is 0.465 e. The van der Waals surface area contributed by atoms with Crippen molar-refractivity contribution in [1.29, 1.82) is 0 Å². The van der Waals surface area contributed by atoms with Crippen LogP contribution in [0.15, 0.2) is 24.8 Å². The lowest BCUT2D eigenvalue weighted by Crippen LogP contribution is -2.46. The number of rotatable bonds is 7. The third kappa shape index (κ3) is 6.05. The third-order valence-electron chi connectivity index (χ3n) is 6.03. The van der Waals surface area contributed by atoms with Crippen molar-refractivity contribution in [2.45, 2.75) is 82.4 Å². The maximum Gasteiger partial charge on any atom is 0.465 e. The number of hydrogen-bond acceptors (Lipinski definition) is 2. The van der Waals surface area contributed by atoms with E-state index in [-0.39, 0.29) is 0 Å². The first-order valence-electron chi connectivity index (χ1n) is 10.1. The summed E-state index contributed by atoms with van der Waals surface area (Å²) in [4.78, 5) is 11.2. The Morgan fingerprint density at radius 3 is 1.93 bits per heavy atom. The van der Waals surface area contributed by atoms with Crippen LogP contribution < -0.4 is 0 Å². The Balaban J connectivity index is 1.72. The number of carbonyl (C=O) groups excluding carboxylic acids is 1. The molecule has 0 unspecified atom stereocenters. The quantitative estimate of drug-likeness (QED) is 0.205. The number of hydrogen-bond donors (Lipinski definition) is 0. The summed E-state index contributed by atoms with van der Waals surface area (Å²) in [6.07, 6.45) is 8.23. The van der Waals surface area contributed by atoms with Crippen molar-refractivity contribution in [2.75, 3.05) is 0 Å².